The molecule has 1 aromatic heterocycles. The van der Waals surface area contributed by atoms with Gasteiger partial charge in [0.1, 0.15) is 0 Å². The molecule has 5 heteroatoms. The van der Waals surface area contributed by atoms with Crippen molar-refractivity contribution in [2.45, 2.75) is 32.5 Å². The Morgan fingerprint density at radius 3 is 2.17 bits per heavy atom. The fourth-order valence-electron chi connectivity index (χ4n) is 2.68. The Morgan fingerprint density at radius 1 is 1.06 bits per heavy atom. The molecule has 0 aromatic carbocycles. The van der Waals surface area contributed by atoms with Gasteiger partial charge in [0.25, 0.3) is 0 Å². The second-order valence-electron chi connectivity index (χ2n) is 5.05. The largest absolute Gasteiger partial charge is 0.347 e. The lowest BCUT2D eigenvalue weighted by atomic mass is 10.0. The minimum Gasteiger partial charge on any atom is -0.347 e. The molecule has 0 amide bonds. The van der Waals surface area contributed by atoms with E-state index in [9.17, 15) is 0 Å². The van der Waals surface area contributed by atoms with E-state index >= 15 is 0 Å². The van der Waals surface area contributed by atoms with Gasteiger partial charge in [-0.15, -0.1) is 0 Å². The van der Waals surface area contributed by atoms with Crippen LogP contribution in [-0.4, -0.2) is 42.1 Å². The number of hydrogen-bond donors (Lipinski definition) is 0. The van der Waals surface area contributed by atoms with Gasteiger partial charge in [-0.2, -0.15) is 0 Å². The Bertz CT molecular complexity index is 414. The van der Waals surface area contributed by atoms with Crippen LogP contribution in [0.3, 0.4) is 0 Å². The van der Waals surface area contributed by atoms with Crippen molar-refractivity contribution >= 4 is 5.95 Å². The Kier molecular flexibility index (Phi) is 2.95. The van der Waals surface area contributed by atoms with Gasteiger partial charge in [-0.3, -0.25) is 0 Å². The molecule has 18 heavy (non-hydrogen) atoms. The molecule has 3 heterocycles. The summed E-state index contributed by atoms with van der Waals surface area (Å²) in [5.41, 5.74) is 2.04. The number of hydrogen-bond acceptors (Lipinski definition) is 5. The average Bonchev–Trinajstić information content (AvgIpc) is 2.77. The van der Waals surface area contributed by atoms with Crippen LogP contribution in [0.2, 0.25) is 0 Å². The third-order valence-corrected chi connectivity index (χ3v) is 3.59. The molecule has 2 saturated heterocycles. The van der Waals surface area contributed by atoms with Crippen LogP contribution in [0.15, 0.2) is 6.07 Å². The molecule has 2 aliphatic heterocycles. The van der Waals surface area contributed by atoms with Gasteiger partial charge >= 0.3 is 0 Å². The summed E-state index contributed by atoms with van der Waals surface area (Å²) in [6.45, 7) is 7.24. The van der Waals surface area contributed by atoms with E-state index in [2.05, 4.69) is 14.9 Å². The Morgan fingerprint density at radius 2 is 1.61 bits per heavy atom. The minimum atomic E-state index is -0.324. The molecule has 0 saturated carbocycles. The molecule has 5 nitrogen and oxygen atoms in total. The molecule has 0 aliphatic carbocycles. The van der Waals surface area contributed by atoms with Crippen LogP contribution in [0.1, 0.15) is 24.2 Å². The van der Waals surface area contributed by atoms with Gasteiger partial charge in [-0.05, 0) is 19.9 Å². The smallest absolute Gasteiger partial charge is 0.225 e. The highest BCUT2D eigenvalue weighted by molar-refractivity contribution is 5.33. The van der Waals surface area contributed by atoms with Crippen molar-refractivity contribution in [1.82, 2.24) is 9.97 Å². The standard InChI is InChI=1S/C13H19N3O2/c1-10-9-11(2)15-12(14-10)16-5-3-13(4-6-16)17-7-8-18-13/h9H,3-8H2,1-2H3. The monoisotopic (exact) mass is 249 g/mol. The summed E-state index contributed by atoms with van der Waals surface area (Å²) in [5.74, 6) is 0.510. The number of anilines is 1. The van der Waals surface area contributed by atoms with Crippen LogP contribution in [0.25, 0.3) is 0 Å². The number of ether oxygens (including phenoxy) is 2. The van der Waals surface area contributed by atoms with E-state index in [1.54, 1.807) is 0 Å². The summed E-state index contributed by atoms with van der Waals surface area (Å²) >= 11 is 0. The van der Waals surface area contributed by atoms with Crippen LogP contribution in [0, 0.1) is 13.8 Å². The molecule has 0 N–H and O–H groups in total. The first kappa shape index (κ1) is 11.9. The van der Waals surface area contributed by atoms with Gasteiger partial charge in [0.15, 0.2) is 5.79 Å². The molecular formula is C13H19N3O2. The van der Waals surface area contributed by atoms with E-state index in [4.69, 9.17) is 9.47 Å². The van der Waals surface area contributed by atoms with E-state index in [1.807, 2.05) is 19.9 Å². The van der Waals surface area contributed by atoms with E-state index in [0.717, 1.165) is 56.5 Å². The van der Waals surface area contributed by atoms with E-state index in [-0.39, 0.29) is 5.79 Å². The van der Waals surface area contributed by atoms with Crippen molar-refractivity contribution in [3.8, 4) is 0 Å². The second-order valence-corrected chi connectivity index (χ2v) is 5.05. The third kappa shape index (κ3) is 2.20. The molecule has 0 bridgehead atoms. The van der Waals surface area contributed by atoms with Gasteiger partial charge in [0, 0.05) is 37.3 Å². The summed E-state index contributed by atoms with van der Waals surface area (Å²) in [6.07, 6.45) is 1.78. The Hall–Kier alpha value is -1.20. The average molecular weight is 249 g/mol. The maximum atomic E-state index is 5.72. The summed E-state index contributed by atoms with van der Waals surface area (Å²) in [7, 11) is 0. The van der Waals surface area contributed by atoms with Crippen molar-refractivity contribution < 1.29 is 9.47 Å². The van der Waals surface area contributed by atoms with Gasteiger partial charge < -0.3 is 14.4 Å². The van der Waals surface area contributed by atoms with Gasteiger partial charge in [-0.1, -0.05) is 0 Å². The highest BCUT2D eigenvalue weighted by Crippen LogP contribution is 2.32. The zero-order valence-corrected chi connectivity index (χ0v) is 11.0. The molecular weight excluding hydrogens is 230 g/mol. The van der Waals surface area contributed by atoms with Crippen LogP contribution < -0.4 is 4.90 Å². The normalized spacial score (nSPS) is 22.7. The molecule has 98 valence electrons. The second kappa shape index (κ2) is 4.48. The minimum absolute atomic E-state index is 0.324. The van der Waals surface area contributed by atoms with Gasteiger partial charge in [-0.25, -0.2) is 9.97 Å². The van der Waals surface area contributed by atoms with Crippen molar-refractivity contribution in [1.29, 1.82) is 0 Å². The number of piperidine rings is 1. The summed E-state index contributed by atoms with van der Waals surface area (Å²) in [4.78, 5) is 11.2. The van der Waals surface area contributed by atoms with Crippen LogP contribution in [0.5, 0.6) is 0 Å². The molecule has 1 spiro atoms. The van der Waals surface area contributed by atoms with E-state index in [0.29, 0.717) is 0 Å². The highest BCUT2D eigenvalue weighted by atomic mass is 16.7. The molecule has 2 fully saturated rings. The zero-order chi connectivity index (χ0) is 12.6. The SMILES string of the molecule is Cc1cc(C)nc(N2CCC3(CC2)OCCO3)n1. The number of nitrogens with zero attached hydrogens (tertiary/aromatic N) is 3. The van der Waals surface area contributed by atoms with Crippen LogP contribution in [-0.2, 0) is 9.47 Å². The van der Waals surface area contributed by atoms with Crippen molar-refractivity contribution in [3.63, 3.8) is 0 Å². The predicted molar refractivity (Wildman–Crippen MR) is 67.6 cm³/mol. The predicted octanol–water partition coefficient (Wildman–Crippen LogP) is 1.44. The third-order valence-electron chi connectivity index (χ3n) is 3.59. The lowest BCUT2D eigenvalue weighted by Gasteiger charge is -2.37. The number of rotatable bonds is 1. The molecule has 3 rings (SSSR count). The topological polar surface area (TPSA) is 47.5 Å². The van der Waals surface area contributed by atoms with E-state index in [1.165, 1.54) is 0 Å². The van der Waals surface area contributed by atoms with Crippen molar-refractivity contribution in [2.75, 3.05) is 31.2 Å². The Labute approximate surface area is 107 Å². The van der Waals surface area contributed by atoms with Crippen LogP contribution >= 0.6 is 0 Å². The summed E-state index contributed by atoms with van der Waals surface area (Å²) < 4.78 is 11.4. The molecule has 0 atom stereocenters. The number of aromatic nitrogens is 2. The summed E-state index contributed by atoms with van der Waals surface area (Å²) in [5, 5.41) is 0. The molecule has 0 radical (unpaired) electrons. The highest BCUT2D eigenvalue weighted by Gasteiger charge is 2.40. The van der Waals surface area contributed by atoms with Crippen molar-refractivity contribution in [3.05, 3.63) is 17.5 Å². The first-order chi connectivity index (χ1) is 8.67. The lowest BCUT2D eigenvalue weighted by Crippen LogP contribution is -2.45. The number of aryl methyl sites for hydroxylation is 2. The fraction of sp³-hybridized carbons (Fsp3) is 0.692. The van der Waals surface area contributed by atoms with Gasteiger partial charge in [0.2, 0.25) is 5.95 Å². The maximum absolute atomic E-state index is 5.72. The van der Waals surface area contributed by atoms with E-state index < -0.39 is 0 Å². The van der Waals surface area contributed by atoms with Crippen LogP contribution in [0.4, 0.5) is 5.95 Å². The lowest BCUT2D eigenvalue weighted by molar-refractivity contribution is -0.169. The first-order valence-corrected chi connectivity index (χ1v) is 6.52. The zero-order valence-electron chi connectivity index (χ0n) is 11.0. The van der Waals surface area contributed by atoms with Gasteiger partial charge in [0.05, 0.1) is 13.2 Å². The Balaban J connectivity index is 1.72. The molecule has 0 unspecified atom stereocenters. The first-order valence-electron chi connectivity index (χ1n) is 6.52. The fourth-order valence-corrected chi connectivity index (χ4v) is 2.68. The van der Waals surface area contributed by atoms with Crippen molar-refractivity contribution in [2.24, 2.45) is 0 Å². The molecule has 1 aromatic rings. The summed E-state index contributed by atoms with van der Waals surface area (Å²) in [6, 6.07) is 2.00. The quantitative estimate of drug-likeness (QED) is 0.753. The molecule has 2 aliphatic rings. The maximum Gasteiger partial charge on any atom is 0.225 e.